The topological polar surface area (TPSA) is 202 Å². The van der Waals surface area contributed by atoms with E-state index >= 15 is 0 Å². The highest BCUT2D eigenvalue weighted by atomic mass is 32.2. The molecule has 10 rings (SSSR count). The molecule has 4 aliphatic rings. The molecule has 2 amide bonds. The number of nitrogens with one attached hydrogen (secondary N) is 2. The lowest BCUT2D eigenvalue weighted by Gasteiger charge is -2.49. The fourth-order valence-corrected chi connectivity index (χ4v) is 13.6. The van der Waals surface area contributed by atoms with Gasteiger partial charge in [-0.05, 0) is 124 Å². The first-order valence-corrected chi connectivity index (χ1v) is 32.3. The molecule has 2 aromatic carbocycles. The number of amides is 2. The smallest absolute Gasteiger partial charge is 0.410 e. The number of hydrogen-bond donors (Lipinski definition) is 2. The van der Waals surface area contributed by atoms with Crippen LogP contribution in [0.15, 0.2) is 84.8 Å². The number of sulfone groups is 1. The molecular formula is C66H90N14O6S. The lowest BCUT2D eigenvalue weighted by molar-refractivity contribution is -0.121. The second kappa shape index (κ2) is 25.1. The predicted octanol–water partition coefficient (Wildman–Crippen LogP) is 9.18. The standard InChI is InChI=1S/C66H90N14O6S/c1-43-16-18-49(19-17-43)30-50-31-55-60(68-34-50)66(13,14)41-80(55)59(81)40-78-37-45(3)79(63(82)86-64(7,8)9)39-52(78)38-76-27-28-77(36-44(76)2)48(6)51-20-21-58(67-35-51)75-25-23-74(24-26-75)22-15-29-85-56-33-54-53(32-57(56)87(83,84)65(10,11)12)62(70-42-69-54)71-61-46(4)47(5)72-73-61/h16-21,31-35,42,44-45,52H,6,15,22-30,36-41H2,1-5,7-14H3,(H2,69,70,71,72,73)/t44-,45-,52+/m1/s1. The number of pyridine rings is 2. The summed E-state index contributed by atoms with van der Waals surface area (Å²) >= 11 is 0. The first-order valence-electron chi connectivity index (χ1n) is 30.8. The minimum Gasteiger partial charge on any atom is -0.492 e. The molecule has 20 nitrogen and oxygen atoms in total. The SMILES string of the molecule is C=C(c1ccc(N2CCN(CCCOc3cc4ncnc(Nc5n[nH]c(C)c5C)c4cc3S(=O)(=O)C(C)(C)C)CC2)nc1)N1CCN(C[C@H]2CN(C(=O)OC(C)(C)C)[C@H](C)CN2CC(=O)N2CC(C)(C)c3ncc(Cc4ccc(C)cc4)cc32)[C@H](C)C1. The number of rotatable bonds is 17. The van der Waals surface area contributed by atoms with Crippen molar-refractivity contribution in [3.8, 4) is 5.75 Å². The van der Waals surface area contributed by atoms with E-state index in [4.69, 9.17) is 19.4 Å². The van der Waals surface area contributed by atoms with Crippen molar-refractivity contribution in [3.63, 3.8) is 0 Å². The van der Waals surface area contributed by atoms with Crippen molar-refractivity contribution in [2.24, 2.45) is 0 Å². The van der Waals surface area contributed by atoms with Crippen molar-refractivity contribution < 1.29 is 27.5 Å². The first-order chi connectivity index (χ1) is 41.1. The third-order valence-corrected chi connectivity index (χ3v) is 20.2. The van der Waals surface area contributed by atoms with E-state index in [0.717, 1.165) is 104 Å². The van der Waals surface area contributed by atoms with E-state index in [1.807, 2.05) is 56.8 Å². The van der Waals surface area contributed by atoms with Gasteiger partial charge in [-0.2, -0.15) is 5.10 Å². The number of ether oxygens (including phenoxy) is 2. The molecule has 6 aromatic rings. The number of benzene rings is 2. The number of carbonyl (C=O) groups is 2. The Bertz CT molecular complexity index is 3590. The van der Waals surface area contributed by atoms with Crippen LogP contribution in [0.25, 0.3) is 16.6 Å². The number of H-pyrrole nitrogens is 1. The molecule has 3 fully saturated rings. The summed E-state index contributed by atoms with van der Waals surface area (Å²) < 4.78 is 39.3. The molecule has 0 saturated carbocycles. The van der Waals surface area contributed by atoms with Gasteiger partial charge in [0.1, 0.15) is 34.2 Å². The van der Waals surface area contributed by atoms with E-state index in [2.05, 4.69) is 134 Å². The number of nitrogens with zero attached hydrogens (tertiary/aromatic N) is 12. The van der Waals surface area contributed by atoms with Crippen LogP contribution in [-0.4, -0.2) is 195 Å². The Hall–Kier alpha value is -7.20. The Labute approximate surface area is 514 Å². The van der Waals surface area contributed by atoms with Crippen LogP contribution in [0.1, 0.15) is 115 Å². The molecule has 87 heavy (non-hydrogen) atoms. The number of carbonyl (C=O) groups excluding carboxylic acids is 2. The zero-order valence-corrected chi connectivity index (χ0v) is 54.2. The quantitative estimate of drug-likeness (QED) is 0.0818. The third kappa shape index (κ3) is 14.1. The Balaban J connectivity index is 0.728. The van der Waals surface area contributed by atoms with Crippen molar-refractivity contribution in [2.45, 2.75) is 142 Å². The zero-order chi connectivity index (χ0) is 62.3. The van der Waals surface area contributed by atoms with Gasteiger partial charge in [-0.1, -0.05) is 50.3 Å². The van der Waals surface area contributed by atoms with Gasteiger partial charge >= 0.3 is 6.09 Å². The van der Waals surface area contributed by atoms with E-state index in [-0.39, 0.29) is 52.7 Å². The van der Waals surface area contributed by atoms with Crippen LogP contribution < -0.4 is 19.9 Å². The Morgan fingerprint density at radius 1 is 0.816 bits per heavy atom. The van der Waals surface area contributed by atoms with Gasteiger partial charge in [0.05, 0.1) is 34.8 Å². The number of fused-ring (bicyclic) bond motifs is 2. The molecule has 3 atom stereocenters. The van der Waals surface area contributed by atoms with Crippen LogP contribution in [-0.2, 0) is 31.2 Å². The van der Waals surface area contributed by atoms with Gasteiger partial charge in [0.15, 0.2) is 15.7 Å². The fraction of sp³-hybridized carbons (Fsp3) is 0.530. The minimum absolute atomic E-state index is 0.0390. The molecule has 0 radical (unpaired) electrons. The fourth-order valence-electron chi connectivity index (χ4n) is 12.3. The molecule has 0 bridgehead atoms. The van der Waals surface area contributed by atoms with Crippen molar-refractivity contribution >= 4 is 61.6 Å². The lowest BCUT2D eigenvalue weighted by atomic mass is 9.91. The summed E-state index contributed by atoms with van der Waals surface area (Å²) in [5.74, 6) is 2.31. The van der Waals surface area contributed by atoms with Gasteiger partial charge in [0, 0.05) is 148 Å². The summed E-state index contributed by atoms with van der Waals surface area (Å²) in [5, 5.41) is 11.1. The largest absolute Gasteiger partial charge is 0.492 e. The van der Waals surface area contributed by atoms with E-state index in [1.54, 1.807) is 32.9 Å². The van der Waals surface area contributed by atoms with E-state index in [9.17, 15) is 18.0 Å². The average molecular weight is 1210 g/mol. The lowest BCUT2D eigenvalue weighted by Crippen LogP contribution is -2.65. The van der Waals surface area contributed by atoms with Gasteiger partial charge in [0.2, 0.25) is 5.91 Å². The highest BCUT2D eigenvalue weighted by molar-refractivity contribution is 7.92. The number of aromatic nitrogens is 6. The monoisotopic (exact) mass is 1210 g/mol. The van der Waals surface area contributed by atoms with Gasteiger partial charge in [0.25, 0.3) is 0 Å². The summed E-state index contributed by atoms with van der Waals surface area (Å²) in [6.07, 6.45) is 6.47. The van der Waals surface area contributed by atoms with Crippen LogP contribution in [0.5, 0.6) is 5.75 Å². The number of piperazine rings is 3. The van der Waals surface area contributed by atoms with Gasteiger partial charge in [-0.3, -0.25) is 29.6 Å². The van der Waals surface area contributed by atoms with Crippen LogP contribution in [0.3, 0.4) is 0 Å². The minimum atomic E-state index is -3.82. The highest BCUT2D eigenvalue weighted by Crippen LogP contribution is 2.41. The molecule has 4 aromatic heterocycles. The Kier molecular flexibility index (Phi) is 18.1. The van der Waals surface area contributed by atoms with Gasteiger partial charge < -0.3 is 34.4 Å². The maximum atomic E-state index is 14.8. The summed E-state index contributed by atoms with van der Waals surface area (Å²) in [7, 11) is -3.82. The van der Waals surface area contributed by atoms with E-state index in [0.29, 0.717) is 61.7 Å². The molecule has 4 aliphatic heterocycles. The molecule has 466 valence electrons. The zero-order valence-electron chi connectivity index (χ0n) is 53.4. The average Bonchev–Trinajstić information content (AvgIpc) is 1.92. The summed E-state index contributed by atoms with van der Waals surface area (Å²) in [4.78, 5) is 63.2. The molecule has 0 aliphatic carbocycles. The summed E-state index contributed by atoms with van der Waals surface area (Å²) in [6, 6.07) is 18.2. The molecule has 8 heterocycles. The van der Waals surface area contributed by atoms with Crippen molar-refractivity contribution in [1.82, 2.24) is 54.6 Å². The highest BCUT2D eigenvalue weighted by Gasteiger charge is 2.44. The Morgan fingerprint density at radius 3 is 2.23 bits per heavy atom. The van der Waals surface area contributed by atoms with Crippen molar-refractivity contribution in [1.29, 1.82) is 0 Å². The molecule has 2 N–H and O–H groups in total. The molecule has 0 unspecified atom stereocenters. The van der Waals surface area contributed by atoms with E-state index in [1.165, 1.54) is 17.5 Å². The van der Waals surface area contributed by atoms with Crippen LogP contribution in [0.2, 0.25) is 0 Å². The Morgan fingerprint density at radius 2 is 1.56 bits per heavy atom. The van der Waals surface area contributed by atoms with Crippen molar-refractivity contribution in [2.75, 3.05) is 107 Å². The van der Waals surface area contributed by atoms with Crippen LogP contribution in [0.4, 0.5) is 27.9 Å². The number of aryl methyl sites for hydroxylation is 2. The molecule has 3 saturated heterocycles. The third-order valence-electron chi connectivity index (χ3n) is 17.7. The number of aromatic amines is 1. The normalized spacial score (nSPS) is 19.8. The van der Waals surface area contributed by atoms with Gasteiger partial charge in [-0.15, -0.1) is 0 Å². The summed E-state index contributed by atoms with van der Waals surface area (Å²) in [5.41, 5.74) is 8.72. The van der Waals surface area contributed by atoms with Crippen LogP contribution in [0, 0.1) is 20.8 Å². The molecule has 0 spiro atoms. The maximum absolute atomic E-state index is 14.8. The maximum Gasteiger partial charge on any atom is 0.410 e. The summed E-state index contributed by atoms with van der Waals surface area (Å²) in [6.45, 7) is 39.2. The second-order valence-corrected chi connectivity index (χ2v) is 29.7. The van der Waals surface area contributed by atoms with E-state index < -0.39 is 20.2 Å². The number of anilines is 4. The first kappa shape index (κ1) is 62.8. The van der Waals surface area contributed by atoms with Crippen LogP contribution >= 0.6 is 0 Å². The second-order valence-electron chi connectivity index (χ2n) is 27.1. The molecule has 21 heteroatoms. The number of hydrogen-bond acceptors (Lipinski definition) is 17. The predicted molar refractivity (Wildman–Crippen MR) is 344 cm³/mol. The van der Waals surface area contributed by atoms with Crippen molar-refractivity contribution in [3.05, 3.63) is 119 Å². The molecular weight excluding hydrogens is 1120 g/mol. The van der Waals surface area contributed by atoms with Gasteiger partial charge in [-0.25, -0.2) is 28.2 Å².